The number of amides is 2. The zero-order chi connectivity index (χ0) is 21.8. The third-order valence-electron chi connectivity index (χ3n) is 5.88. The number of carbonyl (C=O) groups is 2. The van der Waals surface area contributed by atoms with Crippen molar-refractivity contribution in [1.29, 1.82) is 0 Å². The van der Waals surface area contributed by atoms with Crippen LogP contribution < -0.4 is 19.3 Å². The molecule has 0 aromatic heterocycles. The Kier molecular flexibility index (Phi) is 6.42. The van der Waals surface area contributed by atoms with Gasteiger partial charge in [-0.1, -0.05) is 6.92 Å². The number of ether oxygens (including phenoxy) is 2. The van der Waals surface area contributed by atoms with E-state index in [0.29, 0.717) is 12.3 Å². The van der Waals surface area contributed by atoms with E-state index in [2.05, 4.69) is 9.80 Å². The van der Waals surface area contributed by atoms with Gasteiger partial charge in [0.1, 0.15) is 11.5 Å². The van der Waals surface area contributed by atoms with Crippen LogP contribution in [-0.2, 0) is 9.59 Å². The molecule has 2 amide bonds. The number of hydrogen-bond donors (Lipinski definition) is 0. The smallest absolute Gasteiger partial charge is 0.251 e. The Morgan fingerprint density at radius 2 is 1.48 bits per heavy atom. The van der Waals surface area contributed by atoms with Gasteiger partial charge in [0.15, 0.2) is 0 Å². The molecule has 0 spiro atoms. The van der Waals surface area contributed by atoms with Gasteiger partial charge in [0.05, 0.1) is 31.9 Å². The summed E-state index contributed by atoms with van der Waals surface area (Å²) in [7, 11) is 1.66. The highest BCUT2D eigenvalue weighted by molar-refractivity contribution is 6.22. The molecule has 2 aromatic carbocycles. The summed E-state index contributed by atoms with van der Waals surface area (Å²) in [6.45, 7) is 5.81. The van der Waals surface area contributed by atoms with Crippen LogP contribution >= 0.6 is 0 Å². The Balaban J connectivity index is 1.37. The molecule has 31 heavy (non-hydrogen) atoms. The van der Waals surface area contributed by atoms with Gasteiger partial charge in [-0.05, 0) is 55.0 Å². The van der Waals surface area contributed by atoms with Gasteiger partial charge >= 0.3 is 0 Å². The van der Waals surface area contributed by atoms with Crippen LogP contribution in [0.3, 0.4) is 0 Å². The summed E-state index contributed by atoms with van der Waals surface area (Å²) in [6.07, 6.45) is 1.16. The van der Waals surface area contributed by atoms with Crippen LogP contribution in [0, 0.1) is 0 Å². The number of piperazine rings is 1. The average molecular weight is 424 g/mol. The van der Waals surface area contributed by atoms with Gasteiger partial charge < -0.3 is 14.4 Å². The first kappa shape index (κ1) is 21.2. The van der Waals surface area contributed by atoms with E-state index in [1.165, 1.54) is 4.90 Å². The molecule has 2 heterocycles. The molecule has 0 radical (unpaired) electrons. The van der Waals surface area contributed by atoms with Gasteiger partial charge in [-0.25, -0.2) is 4.90 Å². The van der Waals surface area contributed by atoms with Crippen LogP contribution in [0.25, 0.3) is 0 Å². The summed E-state index contributed by atoms with van der Waals surface area (Å²) in [5.74, 6) is 1.30. The molecule has 7 heteroatoms. The van der Waals surface area contributed by atoms with E-state index >= 15 is 0 Å². The summed E-state index contributed by atoms with van der Waals surface area (Å²) < 4.78 is 10.8. The molecule has 2 aliphatic heterocycles. The maximum Gasteiger partial charge on any atom is 0.251 e. The Morgan fingerprint density at radius 3 is 2.10 bits per heavy atom. The highest BCUT2D eigenvalue weighted by atomic mass is 16.5. The zero-order valence-corrected chi connectivity index (χ0v) is 18.1. The van der Waals surface area contributed by atoms with Crippen molar-refractivity contribution in [2.45, 2.75) is 25.8 Å². The topological polar surface area (TPSA) is 62.3 Å². The van der Waals surface area contributed by atoms with Crippen molar-refractivity contribution < 1.29 is 19.1 Å². The summed E-state index contributed by atoms with van der Waals surface area (Å²) >= 11 is 0. The molecule has 0 aliphatic carbocycles. The molecule has 2 fully saturated rings. The second-order valence-electron chi connectivity index (χ2n) is 7.85. The lowest BCUT2D eigenvalue weighted by Gasteiger charge is -2.38. The molecular weight excluding hydrogens is 394 g/mol. The number of hydrogen-bond acceptors (Lipinski definition) is 6. The predicted molar refractivity (Wildman–Crippen MR) is 120 cm³/mol. The number of benzene rings is 2. The van der Waals surface area contributed by atoms with Crippen LogP contribution in [0.2, 0.25) is 0 Å². The van der Waals surface area contributed by atoms with Gasteiger partial charge in [-0.3, -0.25) is 14.5 Å². The van der Waals surface area contributed by atoms with Gasteiger partial charge in [-0.2, -0.15) is 0 Å². The van der Waals surface area contributed by atoms with Crippen LogP contribution in [-0.4, -0.2) is 62.7 Å². The largest absolute Gasteiger partial charge is 0.497 e. The van der Waals surface area contributed by atoms with Crippen molar-refractivity contribution in [1.82, 2.24) is 4.90 Å². The number of methoxy groups -OCH3 is 1. The van der Waals surface area contributed by atoms with Crippen LogP contribution in [0.4, 0.5) is 11.4 Å². The van der Waals surface area contributed by atoms with Crippen molar-refractivity contribution in [3.05, 3.63) is 48.5 Å². The van der Waals surface area contributed by atoms with Crippen LogP contribution in [0.5, 0.6) is 11.5 Å². The van der Waals surface area contributed by atoms with Crippen molar-refractivity contribution in [3.8, 4) is 11.5 Å². The lowest BCUT2D eigenvalue weighted by molar-refractivity contribution is -0.123. The summed E-state index contributed by atoms with van der Waals surface area (Å²) in [5, 5.41) is 0. The Bertz CT molecular complexity index is 905. The van der Waals surface area contributed by atoms with E-state index < -0.39 is 0 Å². The monoisotopic (exact) mass is 423 g/mol. The molecule has 7 nitrogen and oxygen atoms in total. The van der Waals surface area contributed by atoms with Crippen molar-refractivity contribution >= 4 is 23.2 Å². The third-order valence-corrected chi connectivity index (χ3v) is 5.88. The molecule has 2 aliphatic rings. The summed E-state index contributed by atoms with van der Waals surface area (Å²) in [5.41, 5.74) is 1.75. The molecule has 0 N–H and O–H groups in total. The molecule has 0 bridgehead atoms. The fraction of sp³-hybridized carbons (Fsp3) is 0.417. The van der Waals surface area contributed by atoms with E-state index in [-0.39, 0.29) is 24.3 Å². The van der Waals surface area contributed by atoms with E-state index in [1.807, 2.05) is 43.3 Å². The zero-order valence-electron chi connectivity index (χ0n) is 18.1. The molecule has 2 aromatic rings. The highest BCUT2D eigenvalue weighted by Gasteiger charge is 2.43. The minimum absolute atomic E-state index is 0.134. The van der Waals surface area contributed by atoms with Crippen molar-refractivity contribution in [2.75, 3.05) is 49.7 Å². The quantitative estimate of drug-likeness (QED) is 0.638. The van der Waals surface area contributed by atoms with E-state index in [1.54, 1.807) is 19.2 Å². The molecule has 4 rings (SSSR count). The van der Waals surface area contributed by atoms with E-state index in [4.69, 9.17) is 9.47 Å². The highest BCUT2D eigenvalue weighted by Crippen LogP contribution is 2.29. The second kappa shape index (κ2) is 9.39. The molecule has 0 saturated carbocycles. The number of rotatable bonds is 7. The number of nitrogens with zero attached hydrogens (tertiary/aromatic N) is 3. The van der Waals surface area contributed by atoms with Crippen molar-refractivity contribution in [3.63, 3.8) is 0 Å². The molecule has 2 saturated heterocycles. The summed E-state index contributed by atoms with van der Waals surface area (Å²) in [6, 6.07) is 14.8. The van der Waals surface area contributed by atoms with Gasteiger partial charge in [0.2, 0.25) is 5.91 Å². The van der Waals surface area contributed by atoms with Gasteiger partial charge in [-0.15, -0.1) is 0 Å². The SMILES string of the molecule is CCCOc1ccc(N2C(=O)CC(N3CCN(c4ccc(OC)cc4)CC3)C2=O)cc1. The first-order chi connectivity index (χ1) is 15.1. The minimum Gasteiger partial charge on any atom is -0.497 e. The lowest BCUT2D eigenvalue weighted by Crippen LogP contribution is -2.52. The van der Waals surface area contributed by atoms with E-state index in [0.717, 1.165) is 49.8 Å². The Hall–Kier alpha value is -3.06. The second-order valence-corrected chi connectivity index (χ2v) is 7.85. The Morgan fingerprint density at radius 1 is 0.871 bits per heavy atom. The van der Waals surface area contributed by atoms with Crippen LogP contribution in [0.15, 0.2) is 48.5 Å². The normalized spacial score (nSPS) is 19.7. The molecule has 1 atom stereocenters. The fourth-order valence-corrected chi connectivity index (χ4v) is 4.17. The maximum atomic E-state index is 13.1. The average Bonchev–Trinajstić information content (AvgIpc) is 3.12. The molecule has 1 unspecified atom stereocenters. The predicted octanol–water partition coefficient (Wildman–Crippen LogP) is 2.94. The number of anilines is 2. The fourth-order valence-electron chi connectivity index (χ4n) is 4.17. The molecular formula is C24H29N3O4. The molecule has 164 valence electrons. The summed E-state index contributed by atoms with van der Waals surface area (Å²) in [4.78, 5) is 31.5. The third kappa shape index (κ3) is 4.51. The van der Waals surface area contributed by atoms with E-state index in [9.17, 15) is 9.59 Å². The Labute approximate surface area is 183 Å². The standard InChI is InChI=1S/C24H29N3O4/c1-3-16-31-21-10-6-19(7-11-21)27-23(28)17-22(24(27)29)26-14-12-25(13-15-26)18-4-8-20(30-2)9-5-18/h4-11,22H,3,12-17H2,1-2H3. The first-order valence-corrected chi connectivity index (χ1v) is 10.8. The number of carbonyl (C=O) groups excluding carboxylic acids is 2. The lowest BCUT2D eigenvalue weighted by atomic mass is 10.1. The number of imide groups is 1. The minimum atomic E-state index is -0.387. The van der Waals surface area contributed by atoms with Gasteiger partial charge in [0, 0.05) is 31.9 Å². The maximum absolute atomic E-state index is 13.1. The first-order valence-electron chi connectivity index (χ1n) is 10.8. The van der Waals surface area contributed by atoms with Crippen molar-refractivity contribution in [2.24, 2.45) is 0 Å². The van der Waals surface area contributed by atoms with Crippen LogP contribution in [0.1, 0.15) is 19.8 Å². The van der Waals surface area contributed by atoms with Gasteiger partial charge in [0.25, 0.3) is 5.91 Å².